The van der Waals surface area contributed by atoms with E-state index in [2.05, 4.69) is 19.2 Å². The number of alkyl halides is 2. The van der Waals surface area contributed by atoms with E-state index in [0.717, 1.165) is 12.8 Å². The van der Waals surface area contributed by atoms with Crippen molar-refractivity contribution in [3.63, 3.8) is 0 Å². The van der Waals surface area contributed by atoms with Crippen LogP contribution >= 0.6 is 0 Å². The van der Waals surface area contributed by atoms with Crippen molar-refractivity contribution in [2.24, 2.45) is 5.92 Å². The van der Waals surface area contributed by atoms with Gasteiger partial charge in [0.2, 0.25) is 0 Å². The predicted octanol–water partition coefficient (Wildman–Crippen LogP) is 1.80. The van der Waals surface area contributed by atoms with Gasteiger partial charge in [0.05, 0.1) is 0 Å². The molecule has 0 unspecified atom stereocenters. The van der Waals surface area contributed by atoms with E-state index in [1.54, 1.807) is 0 Å². The highest BCUT2D eigenvalue weighted by Crippen LogP contribution is 2.01. The summed E-state index contributed by atoms with van der Waals surface area (Å²) in [6, 6.07) is 0. The maximum absolute atomic E-state index is 11.6. The van der Waals surface area contributed by atoms with Crippen molar-refractivity contribution in [3.05, 3.63) is 0 Å². The van der Waals surface area contributed by atoms with Gasteiger partial charge in [0, 0.05) is 6.54 Å². The zero-order valence-corrected chi connectivity index (χ0v) is 7.44. The number of amides is 1. The van der Waals surface area contributed by atoms with Crippen molar-refractivity contribution in [1.82, 2.24) is 5.32 Å². The Bertz CT molecular complexity index is 137. The third-order valence-electron chi connectivity index (χ3n) is 1.46. The van der Waals surface area contributed by atoms with Crippen LogP contribution in [0.5, 0.6) is 0 Å². The average Bonchev–Trinajstić information content (AvgIpc) is 1.97. The van der Waals surface area contributed by atoms with E-state index in [-0.39, 0.29) is 0 Å². The van der Waals surface area contributed by atoms with Gasteiger partial charge in [-0.3, -0.25) is 4.79 Å². The second-order valence-electron chi connectivity index (χ2n) is 3.13. The van der Waals surface area contributed by atoms with Gasteiger partial charge in [-0.15, -0.1) is 0 Å². The van der Waals surface area contributed by atoms with Gasteiger partial charge in [-0.25, -0.2) is 0 Å². The number of halogens is 2. The number of hydrogen-bond acceptors (Lipinski definition) is 1. The number of rotatable bonds is 5. The average molecular weight is 179 g/mol. The van der Waals surface area contributed by atoms with Crippen molar-refractivity contribution in [3.8, 4) is 0 Å². The van der Waals surface area contributed by atoms with Crippen LogP contribution < -0.4 is 5.32 Å². The van der Waals surface area contributed by atoms with E-state index in [0.29, 0.717) is 12.5 Å². The molecule has 0 aromatic rings. The van der Waals surface area contributed by atoms with Crippen molar-refractivity contribution >= 4 is 5.91 Å². The first-order chi connectivity index (χ1) is 5.54. The van der Waals surface area contributed by atoms with Crippen molar-refractivity contribution in [1.29, 1.82) is 0 Å². The number of nitrogens with one attached hydrogen (secondary N) is 1. The molecular weight excluding hydrogens is 164 g/mol. The maximum atomic E-state index is 11.6. The minimum Gasteiger partial charge on any atom is -0.351 e. The lowest BCUT2D eigenvalue weighted by atomic mass is 10.1. The minimum absolute atomic E-state index is 0.349. The summed E-state index contributed by atoms with van der Waals surface area (Å²) in [4.78, 5) is 10.3. The molecule has 0 saturated carbocycles. The van der Waals surface area contributed by atoms with Gasteiger partial charge in [-0.1, -0.05) is 13.8 Å². The Morgan fingerprint density at radius 3 is 2.42 bits per heavy atom. The van der Waals surface area contributed by atoms with E-state index in [1.807, 2.05) is 0 Å². The Balaban J connectivity index is 3.26. The van der Waals surface area contributed by atoms with E-state index in [4.69, 9.17) is 0 Å². The first kappa shape index (κ1) is 11.3. The van der Waals surface area contributed by atoms with Crippen LogP contribution in [0.15, 0.2) is 0 Å². The molecule has 0 bridgehead atoms. The number of carbonyl (C=O) groups is 1. The van der Waals surface area contributed by atoms with E-state index < -0.39 is 12.3 Å². The molecule has 0 spiro atoms. The molecule has 4 heteroatoms. The lowest BCUT2D eigenvalue weighted by Crippen LogP contribution is -2.30. The van der Waals surface area contributed by atoms with Crippen LogP contribution in [0, 0.1) is 5.92 Å². The highest BCUT2D eigenvalue weighted by Gasteiger charge is 2.13. The normalized spacial score (nSPS) is 10.8. The molecule has 0 radical (unpaired) electrons. The SMILES string of the molecule is CC(C)CCCNC(=O)C(F)F. The molecule has 0 aromatic carbocycles. The lowest BCUT2D eigenvalue weighted by molar-refractivity contribution is -0.131. The molecular formula is C8H15F2NO. The van der Waals surface area contributed by atoms with Crippen molar-refractivity contribution < 1.29 is 13.6 Å². The Morgan fingerprint density at radius 2 is 2.00 bits per heavy atom. The molecule has 0 fully saturated rings. The summed E-state index contributed by atoms with van der Waals surface area (Å²) < 4.78 is 23.2. The quantitative estimate of drug-likeness (QED) is 0.641. The predicted molar refractivity (Wildman–Crippen MR) is 43.1 cm³/mol. The maximum Gasteiger partial charge on any atom is 0.315 e. The van der Waals surface area contributed by atoms with Crippen LogP contribution in [-0.4, -0.2) is 18.9 Å². The topological polar surface area (TPSA) is 29.1 Å². The van der Waals surface area contributed by atoms with E-state index >= 15 is 0 Å². The van der Waals surface area contributed by atoms with Gasteiger partial charge in [0.25, 0.3) is 5.91 Å². The van der Waals surface area contributed by atoms with Gasteiger partial charge in [-0.05, 0) is 18.8 Å². The summed E-state index contributed by atoms with van der Waals surface area (Å²) in [6.45, 7) is 4.45. The summed E-state index contributed by atoms with van der Waals surface area (Å²) >= 11 is 0. The molecule has 0 atom stereocenters. The van der Waals surface area contributed by atoms with Crippen LogP contribution in [-0.2, 0) is 4.79 Å². The highest BCUT2D eigenvalue weighted by molar-refractivity contribution is 5.78. The molecule has 0 rings (SSSR count). The Labute approximate surface area is 71.3 Å². The van der Waals surface area contributed by atoms with E-state index in [9.17, 15) is 13.6 Å². The third kappa shape index (κ3) is 6.07. The van der Waals surface area contributed by atoms with Crippen LogP contribution in [0.25, 0.3) is 0 Å². The Hall–Kier alpha value is -0.670. The molecule has 2 nitrogen and oxygen atoms in total. The van der Waals surface area contributed by atoms with Gasteiger partial charge in [0.1, 0.15) is 0 Å². The summed E-state index contributed by atoms with van der Waals surface area (Å²) in [5, 5.41) is 2.15. The molecule has 72 valence electrons. The molecule has 0 aromatic heterocycles. The second-order valence-corrected chi connectivity index (χ2v) is 3.13. The number of carbonyl (C=O) groups excluding carboxylic acids is 1. The van der Waals surface area contributed by atoms with E-state index in [1.165, 1.54) is 0 Å². The van der Waals surface area contributed by atoms with Gasteiger partial charge < -0.3 is 5.32 Å². The molecule has 12 heavy (non-hydrogen) atoms. The molecule has 0 aliphatic carbocycles. The highest BCUT2D eigenvalue weighted by atomic mass is 19.3. The third-order valence-corrected chi connectivity index (χ3v) is 1.46. The van der Waals surface area contributed by atoms with Gasteiger partial charge in [-0.2, -0.15) is 8.78 Å². The first-order valence-corrected chi connectivity index (χ1v) is 4.10. The van der Waals surface area contributed by atoms with Crippen molar-refractivity contribution in [2.75, 3.05) is 6.54 Å². The zero-order chi connectivity index (χ0) is 9.56. The molecule has 0 heterocycles. The molecule has 0 aliphatic heterocycles. The Morgan fingerprint density at radius 1 is 1.42 bits per heavy atom. The van der Waals surface area contributed by atoms with Gasteiger partial charge in [0.15, 0.2) is 0 Å². The number of hydrogen-bond donors (Lipinski definition) is 1. The van der Waals surface area contributed by atoms with Crippen molar-refractivity contribution in [2.45, 2.75) is 33.1 Å². The molecule has 0 saturated heterocycles. The fourth-order valence-electron chi connectivity index (χ4n) is 0.799. The summed E-state index contributed by atoms with van der Waals surface area (Å²) in [6.07, 6.45) is -1.18. The smallest absolute Gasteiger partial charge is 0.315 e. The first-order valence-electron chi connectivity index (χ1n) is 4.10. The summed E-state index contributed by atoms with van der Waals surface area (Å²) in [7, 11) is 0. The fraction of sp³-hybridized carbons (Fsp3) is 0.875. The van der Waals surface area contributed by atoms with Crippen LogP contribution in [0.1, 0.15) is 26.7 Å². The zero-order valence-electron chi connectivity index (χ0n) is 7.44. The standard InChI is InChI=1S/C8H15F2NO/c1-6(2)4-3-5-11-8(12)7(9)10/h6-7H,3-5H2,1-2H3,(H,11,12). The molecule has 0 aliphatic rings. The minimum atomic E-state index is -2.89. The monoisotopic (exact) mass is 179 g/mol. The summed E-state index contributed by atoms with van der Waals surface area (Å²) in [5.74, 6) is -0.618. The Kier molecular flexibility index (Phi) is 5.58. The summed E-state index contributed by atoms with van der Waals surface area (Å²) in [5.41, 5.74) is 0. The molecule has 1 N–H and O–H groups in total. The second kappa shape index (κ2) is 5.91. The fourth-order valence-corrected chi connectivity index (χ4v) is 0.799. The van der Waals surface area contributed by atoms with Crippen LogP contribution in [0.4, 0.5) is 8.78 Å². The largest absolute Gasteiger partial charge is 0.351 e. The van der Waals surface area contributed by atoms with Crippen LogP contribution in [0.3, 0.4) is 0 Å². The van der Waals surface area contributed by atoms with Gasteiger partial charge >= 0.3 is 6.43 Å². The molecule has 1 amide bonds. The lowest BCUT2D eigenvalue weighted by Gasteiger charge is -2.05. The van der Waals surface area contributed by atoms with Crippen LogP contribution in [0.2, 0.25) is 0 Å².